The average Bonchev–Trinajstić information content (AvgIpc) is 2.81. The Balaban J connectivity index is 2.48. The zero-order valence-electron chi connectivity index (χ0n) is 11.4. The van der Waals surface area contributed by atoms with Gasteiger partial charge in [0.2, 0.25) is 0 Å². The van der Waals surface area contributed by atoms with Gasteiger partial charge >= 0.3 is 0 Å². The van der Waals surface area contributed by atoms with Crippen molar-refractivity contribution in [1.82, 2.24) is 5.32 Å². The van der Waals surface area contributed by atoms with E-state index in [1.54, 1.807) is 0 Å². The highest BCUT2D eigenvalue weighted by Crippen LogP contribution is 2.18. The fourth-order valence-electron chi connectivity index (χ4n) is 2.56. The third-order valence-electron chi connectivity index (χ3n) is 3.53. The van der Waals surface area contributed by atoms with Gasteiger partial charge in [0.25, 0.3) is 0 Å². The van der Waals surface area contributed by atoms with Crippen molar-refractivity contribution in [2.75, 3.05) is 19.4 Å². The molecule has 17 heavy (non-hydrogen) atoms. The van der Waals surface area contributed by atoms with E-state index < -0.39 is 10.8 Å². The van der Waals surface area contributed by atoms with Crippen molar-refractivity contribution in [3.63, 3.8) is 0 Å². The minimum atomic E-state index is -0.767. The van der Waals surface area contributed by atoms with Crippen molar-refractivity contribution in [3.05, 3.63) is 0 Å². The van der Waals surface area contributed by atoms with Crippen LogP contribution in [0.1, 0.15) is 46.0 Å². The minimum absolute atomic E-state index is 0.240. The lowest BCUT2D eigenvalue weighted by Gasteiger charge is -2.26. The zero-order chi connectivity index (χ0) is 12.7. The summed E-state index contributed by atoms with van der Waals surface area (Å²) in [6.07, 6.45) is 5.67. The van der Waals surface area contributed by atoms with E-state index in [4.69, 9.17) is 4.74 Å². The quantitative estimate of drug-likeness (QED) is 0.727. The second-order valence-electron chi connectivity index (χ2n) is 4.81. The molecule has 1 N–H and O–H groups in total. The molecule has 0 saturated carbocycles. The molecule has 1 aliphatic rings. The molecule has 0 aromatic carbocycles. The fraction of sp³-hybridized carbons (Fsp3) is 1.00. The van der Waals surface area contributed by atoms with Crippen molar-refractivity contribution in [2.45, 2.75) is 63.3 Å². The summed E-state index contributed by atoms with van der Waals surface area (Å²) in [6, 6.07) is 0.382. The molecule has 1 fully saturated rings. The highest BCUT2D eigenvalue weighted by atomic mass is 32.2. The zero-order valence-corrected chi connectivity index (χ0v) is 12.2. The van der Waals surface area contributed by atoms with Gasteiger partial charge in [-0.15, -0.1) is 0 Å². The van der Waals surface area contributed by atoms with E-state index in [9.17, 15) is 4.21 Å². The van der Waals surface area contributed by atoms with Gasteiger partial charge in [0.15, 0.2) is 0 Å². The van der Waals surface area contributed by atoms with Crippen molar-refractivity contribution in [3.8, 4) is 0 Å². The maximum atomic E-state index is 12.4. The van der Waals surface area contributed by atoms with E-state index in [-0.39, 0.29) is 11.4 Å². The normalized spacial score (nSPS) is 25.7. The van der Waals surface area contributed by atoms with Crippen LogP contribution in [0.15, 0.2) is 0 Å². The highest BCUT2D eigenvalue weighted by Gasteiger charge is 2.27. The van der Waals surface area contributed by atoms with Crippen LogP contribution >= 0.6 is 0 Å². The summed E-state index contributed by atoms with van der Waals surface area (Å²) in [4.78, 5) is 0. The Kier molecular flexibility index (Phi) is 7.32. The SMILES string of the molecule is CCCC(NC)C(CC)S(=O)CC1CCCO1. The average molecular weight is 261 g/mol. The molecule has 0 amide bonds. The summed E-state index contributed by atoms with van der Waals surface area (Å²) < 4.78 is 18.0. The summed E-state index contributed by atoms with van der Waals surface area (Å²) >= 11 is 0. The van der Waals surface area contributed by atoms with Gasteiger partial charge in [-0.3, -0.25) is 4.21 Å². The van der Waals surface area contributed by atoms with Gasteiger partial charge in [-0.1, -0.05) is 20.3 Å². The summed E-state index contributed by atoms with van der Waals surface area (Å²) in [5.74, 6) is 0.723. The van der Waals surface area contributed by atoms with Crippen LogP contribution in [0.4, 0.5) is 0 Å². The number of hydrogen-bond donors (Lipinski definition) is 1. The topological polar surface area (TPSA) is 38.3 Å². The Morgan fingerprint density at radius 1 is 1.47 bits per heavy atom. The summed E-state index contributed by atoms with van der Waals surface area (Å²) in [5, 5.41) is 3.59. The first kappa shape index (κ1) is 15.1. The fourth-order valence-corrected chi connectivity index (χ4v) is 4.45. The summed E-state index contributed by atoms with van der Waals surface area (Å²) in [5.41, 5.74) is 0. The first-order chi connectivity index (χ1) is 8.22. The molecule has 0 spiro atoms. The minimum Gasteiger partial charge on any atom is -0.377 e. The van der Waals surface area contributed by atoms with E-state index in [1.165, 1.54) is 0 Å². The van der Waals surface area contributed by atoms with E-state index in [0.717, 1.165) is 44.5 Å². The lowest BCUT2D eigenvalue weighted by Crippen LogP contribution is -2.41. The monoisotopic (exact) mass is 261 g/mol. The molecule has 4 heteroatoms. The molecule has 0 aromatic heterocycles. The van der Waals surface area contributed by atoms with Crippen molar-refractivity contribution >= 4 is 10.8 Å². The van der Waals surface area contributed by atoms with Crippen LogP contribution < -0.4 is 5.32 Å². The molecule has 102 valence electrons. The van der Waals surface area contributed by atoms with E-state index in [2.05, 4.69) is 19.2 Å². The van der Waals surface area contributed by atoms with Gasteiger partial charge in [-0.25, -0.2) is 0 Å². The van der Waals surface area contributed by atoms with Gasteiger partial charge < -0.3 is 10.1 Å². The second kappa shape index (κ2) is 8.22. The molecular weight excluding hydrogens is 234 g/mol. The predicted octanol–water partition coefficient (Wildman–Crippen LogP) is 2.08. The van der Waals surface area contributed by atoms with Gasteiger partial charge in [-0.2, -0.15) is 0 Å². The van der Waals surface area contributed by atoms with Gasteiger partial charge in [0.1, 0.15) is 0 Å². The molecule has 0 aromatic rings. The Labute approximate surface area is 108 Å². The van der Waals surface area contributed by atoms with Gasteiger partial charge in [0.05, 0.1) is 11.9 Å². The molecule has 1 rings (SSSR count). The van der Waals surface area contributed by atoms with E-state index in [0.29, 0.717) is 6.04 Å². The van der Waals surface area contributed by atoms with Crippen molar-refractivity contribution in [2.24, 2.45) is 0 Å². The Bertz CT molecular complexity index is 229. The molecule has 0 radical (unpaired) electrons. The summed E-state index contributed by atoms with van der Waals surface area (Å²) in [7, 11) is 1.21. The van der Waals surface area contributed by atoms with Gasteiger partial charge in [0, 0.05) is 28.7 Å². The first-order valence-corrected chi connectivity index (χ1v) is 8.27. The van der Waals surface area contributed by atoms with Crippen LogP contribution in [0.2, 0.25) is 0 Å². The Morgan fingerprint density at radius 3 is 2.71 bits per heavy atom. The standard InChI is InChI=1S/C13H27NO2S/c1-4-7-12(14-3)13(5-2)17(15)10-11-8-6-9-16-11/h11-14H,4-10H2,1-3H3. The second-order valence-corrected chi connectivity index (χ2v) is 6.51. The van der Waals surface area contributed by atoms with Crippen LogP contribution in [0.3, 0.4) is 0 Å². The number of nitrogens with one attached hydrogen (secondary N) is 1. The van der Waals surface area contributed by atoms with E-state index >= 15 is 0 Å². The molecule has 4 unspecified atom stereocenters. The third-order valence-corrected chi connectivity index (χ3v) is 5.57. The maximum Gasteiger partial charge on any atom is 0.0691 e. The van der Waals surface area contributed by atoms with Crippen LogP contribution in [0, 0.1) is 0 Å². The molecule has 0 aliphatic carbocycles. The molecule has 1 saturated heterocycles. The van der Waals surface area contributed by atoms with E-state index in [1.807, 2.05) is 7.05 Å². The molecule has 3 nitrogen and oxygen atoms in total. The third kappa shape index (κ3) is 4.68. The molecule has 1 heterocycles. The predicted molar refractivity (Wildman–Crippen MR) is 73.8 cm³/mol. The molecule has 0 bridgehead atoms. The lowest BCUT2D eigenvalue weighted by molar-refractivity contribution is 0.128. The highest BCUT2D eigenvalue weighted by molar-refractivity contribution is 7.85. The van der Waals surface area contributed by atoms with Crippen LogP contribution in [-0.4, -0.2) is 41.0 Å². The Hall–Kier alpha value is 0.0700. The number of ether oxygens (including phenoxy) is 1. The van der Waals surface area contributed by atoms with Gasteiger partial charge in [-0.05, 0) is 32.7 Å². The van der Waals surface area contributed by atoms with Crippen molar-refractivity contribution in [1.29, 1.82) is 0 Å². The van der Waals surface area contributed by atoms with Crippen LogP contribution in [-0.2, 0) is 15.5 Å². The number of rotatable bonds is 8. The molecule has 4 atom stereocenters. The maximum absolute atomic E-state index is 12.4. The largest absolute Gasteiger partial charge is 0.377 e. The lowest BCUT2D eigenvalue weighted by atomic mass is 10.1. The van der Waals surface area contributed by atoms with Crippen LogP contribution in [0.5, 0.6) is 0 Å². The first-order valence-electron chi connectivity index (χ1n) is 6.88. The smallest absolute Gasteiger partial charge is 0.0691 e. The number of hydrogen-bond acceptors (Lipinski definition) is 3. The van der Waals surface area contributed by atoms with Crippen LogP contribution in [0.25, 0.3) is 0 Å². The molecular formula is C13H27NO2S. The molecule has 1 aliphatic heterocycles. The summed E-state index contributed by atoms with van der Waals surface area (Å²) in [6.45, 7) is 5.17. The Morgan fingerprint density at radius 2 is 2.24 bits per heavy atom. The van der Waals surface area contributed by atoms with Crippen molar-refractivity contribution < 1.29 is 8.95 Å².